The van der Waals surface area contributed by atoms with Gasteiger partial charge in [0, 0.05) is 24.6 Å². The molecule has 0 saturated carbocycles. The molecule has 1 aromatic heterocycles. The van der Waals surface area contributed by atoms with Gasteiger partial charge >= 0.3 is 13.5 Å². The molecule has 0 bridgehead atoms. The molecule has 0 amide bonds. The van der Waals surface area contributed by atoms with Crippen LogP contribution in [0.25, 0.3) is 0 Å². The number of para-hydroxylation sites is 1. The molecule has 4 atom stereocenters. The number of rotatable bonds is 8. The van der Waals surface area contributed by atoms with Gasteiger partial charge in [0.15, 0.2) is 0 Å². The van der Waals surface area contributed by atoms with Crippen LogP contribution in [-0.2, 0) is 13.8 Å². The lowest BCUT2D eigenvalue weighted by Crippen LogP contribution is -2.40. The number of aryl methyl sites for hydroxylation is 1. The normalized spacial score (nSPS) is 21.8. The molecule has 32 heavy (non-hydrogen) atoms. The molecule has 1 aromatic carbocycles. The van der Waals surface area contributed by atoms with Crippen molar-refractivity contribution in [3.05, 3.63) is 61.9 Å². The molecule has 2 aromatic rings. The molecule has 0 aliphatic carbocycles. The molecule has 2 heterocycles. The molecule has 11 nitrogen and oxygen atoms in total. The van der Waals surface area contributed by atoms with Crippen molar-refractivity contribution in [3.63, 3.8) is 0 Å². The van der Waals surface area contributed by atoms with Crippen molar-refractivity contribution in [2.24, 2.45) is 0 Å². The van der Waals surface area contributed by atoms with Crippen molar-refractivity contribution in [2.75, 3.05) is 0 Å². The van der Waals surface area contributed by atoms with Gasteiger partial charge in [0.25, 0.3) is 5.56 Å². The van der Waals surface area contributed by atoms with Gasteiger partial charge in [-0.25, -0.2) is 9.36 Å². The molecule has 1 aliphatic heterocycles. The van der Waals surface area contributed by atoms with E-state index in [-0.39, 0.29) is 30.6 Å². The largest absolute Gasteiger partial charge is 0.486 e. The topological polar surface area (TPSA) is 164 Å². The lowest BCUT2D eigenvalue weighted by Gasteiger charge is -2.28. The second kappa shape index (κ2) is 10.0. The van der Waals surface area contributed by atoms with E-state index in [4.69, 9.17) is 30.9 Å². The smallest absolute Gasteiger partial charge is 0.469 e. The number of phosphoric ester groups is 1. The van der Waals surface area contributed by atoms with Crippen molar-refractivity contribution in [3.8, 4) is 11.8 Å². The van der Waals surface area contributed by atoms with E-state index >= 15 is 0 Å². The van der Waals surface area contributed by atoms with Crippen LogP contribution in [0.3, 0.4) is 0 Å². The van der Waals surface area contributed by atoms with Gasteiger partial charge in [-0.3, -0.25) is 18.9 Å². The van der Waals surface area contributed by atoms with Crippen LogP contribution >= 0.6 is 19.4 Å². The summed E-state index contributed by atoms with van der Waals surface area (Å²) >= 11 is 6.16. The Hall–Kier alpha value is -2.45. The van der Waals surface area contributed by atoms with Crippen LogP contribution in [0.1, 0.15) is 31.1 Å². The van der Waals surface area contributed by atoms with E-state index in [1.807, 2.05) is 6.07 Å². The zero-order valence-corrected chi connectivity index (χ0v) is 18.5. The maximum atomic E-state index is 12.3. The highest BCUT2D eigenvalue weighted by molar-refractivity contribution is 7.46. The number of hydrogen-bond donors (Lipinski definition) is 3. The minimum absolute atomic E-state index is 0.0555. The van der Waals surface area contributed by atoms with Gasteiger partial charge in [-0.15, -0.1) is 0 Å². The highest BCUT2D eigenvalue weighted by atomic mass is 35.5. The van der Waals surface area contributed by atoms with Crippen LogP contribution in [0, 0.1) is 18.3 Å². The number of nitriles is 1. The number of aromatic nitrogens is 2. The third kappa shape index (κ3) is 5.86. The van der Waals surface area contributed by atoms with E-state index in [2.05, 4.69) is 4.98 Å². The van der Waals surface area contributed by atoms with Crippen LogP contribution in [-0.4, -0.2) is 37.6 Å². The molecule has 13 heteroatoms. The third-order valence-electron chi connectivity index (χ3n) is 4.87. The summed E-state index contributed by atoms with van der Waals surface area (Å²) in [6, 6.07) is 8.58. The summed E-state index contributed by atoms with van der Waals surface area (Å²) < 4.78 is 29.5. The Morgan fingerprint density at radius 2 is 2.12 bits per heavy atom. The number of hydrogen-bond acceptors (Lipinski definition) is 7. The summed E-state index contributed by atoms with van der Waals surface area (Å²) in [7, 11) is -4.93. The van der Waals surface area contributed by atoms with Crippen LogP contribution in [0.5, 0.6) is 5.75 Å². The fraction of sp³-hybridized carbons (Fsp3) is 0.421. The van der Waals surface area contributed by atoms with E-state index in [9.17, 15) is 23.9 Å². The second-order valence-electron chi connectivity index (χ2n) is 7.19. The Balaban J connectivity index is 1.96. The van der Waals surface area contributed by atoms with Crippen molar-refractivity contribution in [2.45, 2.75) is 50.7 Å². The predicted molar refractivity (Wildman–Crippen MR) is 112 cm³/mol. The fourth-order valence-corrected chi connectivity index (χ4v) is 4.18. The van der Waals surface area contributed by atoms with E-state index < -0.39 is 43.6 Å². The minimum Gasteiger partial charge on any atom is -0.486 e. The summed E-state index contributed by atoms with van der Waals surface area (Å²) in [5.74, 6) is 0.288. The van der Waals surface area contributed by atoms with Crippen molar-refractivity contribution < 1.29 is 28.3 Å². The van der Waals surface area contributed by atoms with Crippen LogP contribution in [0.4, 0.5) is 0 Å². The summed E-state index contributed by atoms with van der Waals surface area (Å²) in [5, 5.41) is 9.34. The molecular weight excluding hydrogens is 465 g/mol. The number of benzene rings is 1. The highest BCUT2D eigenvalue weighted by Crippen LogP contribution is 2.45. The predicted octanol–water partition coefficient (Wildman–Crippen LogP) is 2.02. The number of ether oxygens (including phenoxy) is 2. The SMILES string of the molecule is Cc1cn([C@H]2C[C@H](OP(=O)(O)O)[C@@H](C(CCC#N)Oc3ccccc3Cl)O2)c(=O)[nH]c1=O. The molecule has 1 fully saturated rings. The van der Waals surface area contributed by atoms with Crippen LogP contribution < -0.4 is 16.0 Å². The minimum atomic E-state index is -4.93. The first kappa shape index (κ1) is 24.2. The van der Waals surface area contributed by atoms with E-state index in [0.717, 1.165) is 4.57 Å². The zero-order valence-electron chi connectivity index (χ0n) is 16.9. The Bertz CT molecular complexity index is 1170. The zero-order chi connectivity index (χ0) is 23.5. The quantitative estimate of drug-likeness (QED) is 0.474. The Morgan fingerprint density at radius 1 is 1.41 bits per heavy atom. The van der Waals surface area contributed by atoms with E-state index in [1.165, 1.54) is 13.1 Å². The van der Waals surface area contributed by atoms with Crippen molar-refractivity contribution in [1.82, 2.24) is 9.55 Å². The molecule has 3 N–H and O–H groups in total. The second-order valence-corrected chi connectivity index (χ2v) is 8.79. The summed E-state index contributed by atoms with van der Waals surface area (Å²) in [5.41, 5.74) is -1.06. The van der Waals surface area contributed by atoms with Gasteiger partial charge in [0.2, 0.25) is 0 Å². The van der Waals surface area contributed by atoms with Crippen molar-refractivity contribution in [1.29, 1.82) is 5.26 Å². The number of aromatic amines is 1. The fourth-order valence-electron chi connectivity index (χ4n) is 3.44. The molecule has 1 saturated heterocycles. The molecule has 1 unspecified atom stereocenters. The van der Waals surface area contributed by atoms with Gasteiger partial charge in [0.1, 0.15) is 30.3 Å². The Kier molecular flexibility index (Phi) is 7.56. The number of nitrogens with one attached hydrogen (secondary N) is 1. The first-order chi connectivity index (χ1) is 15.1. The lowest BCUT2D eigenvalue weighted by atomic mass is 10.0. The van der Waals surface area contributed by atoms with Crippen molar-refractivity contribution >= 4 is 19.4 Å². The first-order valence-corrected chi connectivity index (χ1v) is 11.5. The van der Waals surface area contributed by atoms with Crippen LogP contribution in [0.15, 0.2) is 40.1 Å². The number of halogens is 1. The van der Waals surface area contributed by atoms with E-state index in [1.54, 1.807) is 24.3 Å². The van der Waals surface area contributed by atoms with Gasteiger partial charge in [-0.1, -0.05) is 23.7 Å². The summed E-state index contributed by atoms with van der Waals surface area (Å²) in [6.45, 7) is 1.50. The molecule has 1 aliphatic rings. The third-order valence-corrected chi connectivity index (χ3v) is 5.72. The molecule has 0 radical (unpaired) electrons. The summed E-state index contributed by atoms with van der Waals surface area (Å²) in [4.78, 5) is 44.9. The van der Waals surface area contributed by atoms with E-state index in [0.29, 0.717) is 5.02 Å². The van der Waals surface area contributed by atoms with Gasteiger partial charge in [-0.05, 0) is 25.5 Å². The first-order valence-electron chi connectivity index (χ1n) is 9.58. The average Bonchev–Trinajstić information content (AvgIpc) is 3.10. The van der Waals surface area contributed by atoms with Gasteiger partial charge < -0.3 is 19.3 Å². The monoisotopic (exact) mass is 485 g/mol. The number of H-pyrrole nitrogens is 1. The average molecular weight is 486 g/mol. The number of nitrogens with zero attached hydrogens (tertiary/aromatic N) is 2. The maximum absolute atomic E-state index is 12.3. The maximum Gasteiger partial charge on any atom is 0.469 e. The molecular formula is C19H21ClN3O8P. The van der Waals surface area contributed by atoms with Gasteiger partial charge in [-0.2, -0.15) is 5.26 Å². The lowest BCUT2D eigenvalue weighted by molar-refractivity contribution is -0.0753. The molecule has 3 rings (SSSR count). The Labute approximate surface area is 187 Å². The Morgan fingerprint density at radius 3 is 2.78 bits per heavy atom. The highest BCUT2D eigenvalue weighted by Gasteiger charge is 2.45. The number of phosphoric acid groups is 1. The molecule has 172 valence electrons. The van der Waals surface area contributed by atoms with Crippen LogP contribution in [0.2, 0.25) is 5.02 Å². The van der Waals surface area contributed by atoms with Gasteiger partial charge in [0.05, 0.1) is 11.1 Å². The standard InChI is InChI=1S/C19H21ClN3O8P/c1-11-10-23(19(25)22-18(11)24)16-9-15(31-32(26,27)28)17(30-16)14(7-4-8-21)29-13-6-3-2-5-12(13)20/h2-3,5-6,10,14-17H,4,7,9H2,1H3,(H,22,24,25)(H2,26,27,28)/t14?,15-,16+,17+/m0/s1. The molecule has 0 spiro atoms. The summed E-state index contributed by atoms with van der Waals surface area (Å²) in [6.07, 6.45) is -2.74.